The standard InChI is InChI=1S/C10H8F3NO2/c11-10(12,13)7-3-6(1-2-9(15)16)4-8(14)5-7/h1-5H,14H2,(H,15,16). The normalized spacial score (nSPS) is 11.9. The highest BCUT2D eigenvalue weighted by atomic mass is 19.4. The summed E-state index contributed by atoms with van der Waals surface area (Å²) in [5.74, 6) is -1.24. The van der Waals surface area contributed by atoms with Gasteiger partial charge in [-0.3, -0.25) is 0 Å². The molecule has 1 aromatic carbocycles. The van der Waals surface area contributed by atoms with Crippen molar-refractivity contribution in [3.63, 3.8) is 0 Å². The summed E-state index contributed by atoms with van der Waals surface area (Å²) < 4.78 is 37.1. The first-order valence-electron chi connectivity index (χ1n) is 4.18. The smallest absolute Gasteiger partial charge is 0.416 e. The van der Waals surface area contributed by atoms with Gasteiger partial charge in [-0.1, -0.05) is 0 Å². The number of carboxylic acids is 1. The SMILES string of the molecule is Nc1cc(C=CC(=O)O)cc(C(F)(F)F)c1. The van der Waals surface area contributed by atoms with Crippen LogP contribution in [0, 0.1) is 0 Å². The number of anilines is 1. The number of alkyl halides is 3. The highest BCUT2D eigenvalue weighted by molar-refractivity contribution is 5.85. The molecular formula is C10H8F3NO2. The van der Waals surface area contributed by atoms with Crippen LogP contribution in [0.5, 0.6) is 0 Å². The third-order valence-electron chi connectivity index (χ3n) is 1.72. The van der Waals surface area contributed by atoms with Crippen molar-refractivity contribution in [3.05, 3.63) is 35.4 Å². The Hall–Kier alpha value is -1.98. The molecule has 0 saturated heterocycles. The average Bonchev–Trinajstić information content (AvgIpc) is 2.12. The third kappa shape index (κ3) is 3.30. The van der Waals surface area contributed by atoms with Crippen LogP contribution in [0.25, 0.3) is 6.08 Å². The first kappa shape index (κ1) is 12.1. The molecule has 0 aliphatic heterocycles. The fraction of sp³-hybridized carbons (Fsp3) is 0.100. The van der Waals surface area contributed by atoms with Crippen LogP contribution in [-0.2, 0) is 11.0 Å². The molecule has 0 aliphatic rings. The van der Waals surface area contributed by atoms with E-state index >= 15 is 0 Å². The van der Waals surface area contributed by atoms with Crippen LogP contribution >= 0.6 is 0 Å². The maximum Gasteiger partial charge on any atom is 0.416 e. The predicted octanol–water partition coefficient (Wildman–Crippen LogP) is 2.39. The first-order chi connectivity index (χ1) is 7.29. The minimum Gasteiger partial charge on any atom is -0.478 e. The molecule has 0 saturated carbocycles. The molecule has 0 heterocycles. The molecule has 16 heavy (non-hydrogen) atoms. The molecule has 0 aromatic heterocycles. The fourth-order valence-corrected chi connectivity index (χ4v) is 1.10. The Balaban J connectivity index is 3.13. The zero-order chi connectivity index (χ0) is 12.3. The molecule has 0 aliphatic carbocycles. The van der Waals surface area contributed by atoms with Gasteiger partial charge in [0.05, 0.1) is 5.56 Å². The van der Waals surface area contributed by atoms with Crippen LogP contribution in [0.4, 0.5) is 18.9 Å². The molecule has 0 fully saturated rings. The van der Waals surface area contributed by atoms with Gasteiger partial charge in [0.25, 0.3) is 0 Å². The van der Waals surface area contributed by atoms with Crippen molar-refractivity contribution < 1.29 is 23.1 Å². The zero-order valence-electron chi connectivity index (χ0n) is 7.95. The Kier molecular flexibility index (Phi) is 3.22. The van der Waals surface area contributed by atoms with Gasteiger partial charge < -0.3 is 10.8 Å². The molecule has 0 amide bonds. The maximum absolute atomic E-state index is 12.4. The number of hydrogen-bond donors (Lipinski definition) is 2. The Bertz CT molecular complexity index is 438. The van der Waals surface area contributed by atoms with Crippen molar-refractivity contribution in [2.45, 2.75) is 6.18 Å². The third-order valence-corrected chi connectivity index (χ3v) is 1.72. The van der Waals surface area contributed by atoms with Crippen molar-refractivity contribution in [1.82, 2.24) is 0 Å². The van der Waals surface area contributed by atoms with Gasteiger partial charge >= 0.3 is 12.1 Å². The highest BCUT2D eigenvalue weighted by Crippen LogP contribution is 2.31. The van der Waals surface area contributed by atoms with E-state index in [-0.39, 0.29) is 11.3 Å². The van der Waals surface area contributed by atoms with E-state index < -0.39 is 17.7 Å². The Labute approximate surface area is 89.0 Å². The van der Waals surface area contributed by atoms with E-state index in [1.807, 2.05) is 0 Å². The Morgan fingerprint density at radius 1 is 1.31 bits per heavy atom. The monoisotopic (exact) mass is 231 g/mol. The quantitative estimate of drug-likeness (QED) is 0.606. The van der Waals surface area contributed by atoms with Crippen molar-refractivity contribution in [2.75, 3.05) is 5.73 Å². The average molecular weight is 231 g/mol. The zero-order valence-corrected chi connectivity index (χ0v) is 7.95. The van der Waals surface area contributed by atoms with Crippen molar-refractivity contribution in [1.29, 1.82) is 0 Å². The van der Waals surface area contributed by atoms with Gasteiger partial charge in [0, 0.05) is 11.8 Å². The molecule has 0 spiro atoms. The molecule has 1 rings (SSSR count). The van der Waals surface area contributed by atoms with Gasteiger partial charge in [-0.15, -0.1) is 0 Å². The number of halogens is 3. The van der Waals surface area contributed by atoms with Crippen molar-refractivity contribution in [3.8, 4) is 0 Å². The van der Waals surface area contributed by atoms with Crippen LogP contribution in [0.1, 0.15) is 11.1 Å². The number of aliphatic carboxylic acids is 1. The van der Waals surface area contributed by atoms with Gasteiger partial charge in [-0.2, -0.15) is 13.2 Å². The predicted molar refractivity (Wildman–Crippen MR) is 52.5 cm³/mol. The molecule has 0 radical (unpaired) electrons. The van der Waals surface area contributed by atoms with Gasteiger partial charge in [0.1, 0.15) is 0 Å². The van der Waals surface area contributed by atoms with E-state index in [2.05, 4.69) is 0 Å². The number of rotatable bonds is 2. The summed E-state index contributed by atoms with van der Waals surface area (Å²) in [5, 5.41) is 8.33. The summed E-state index contributed by atoms with van der Waals surface area (Å²) in [7, 11) is 0. The summed E-state index contributed by atoms with van der Waals surface area (Å²) in [4.78, 5) is 10.2. The number of benzene rings is 1. The van der Waals surface area contributed by atoms with Crippen LogP contribution in [0.3, 0.4) is 0 Å². The van der Waals surface area contributed by atoms with Crippen LogP contribution in [0.15, 0.2) is 24.3 Å². The van der Waals surface area contributed by atoms with Gasteiger partial charge in [0.2, 0.25) is 0 Å². The number of nitrogen functional groups attached to an aromatic ring is 1. The van der Waals surface area contributed by atoms with Crippen LogP contribution < -0.4 is 5.73 Å². The lowest BCUT2D eigenvalue weighted by atomic mass is 10.1. The van der Waals surface area contributed by atoms with Crippen LogP contribution in [0.2, 0.25) is 0 Å². The second-order valence-electron chi connectivity index (χ2n) is 3.06. The topological polar surface area (TPSA) is 63.3 Å². The maximum atomic E-state index is 12.4. The molecule has 6 heteroatoms. The minimum absolute atomic E-state index is 0.0696. The van der Waals surface area contributed by atoms with Gasteiger partial charge in [0.15, 0.2) is 0 Å². The van der Waals surface area contributed by atoms with E-state index in [1.54, 1.807) is 0 Å². The second-order valence-corrected chi connectivity index (χ2v) is 3.06. The molecular weight excluding hydrogens is 223 g/mol. The molecule has 0 unspecified atom stereocenters. The Morgan fingerprint density at radius 2 is 1.94 bits per heavy atom. The molecule has 86 valence electrons. The summed E-state index contributed by atoms with van der Waals surface area (Å²) in [6.45, 7) is 0. The molecule has 3 nitrogen and oxygen atoms in total. The minimum atomic E-state index is -4.50. The molecule has 3 N–H and O–H groups in total. The second kappa shape index (κ2) is 4.26. The van der Waals surface area contributed by atoms with E-state index in [0.717, 1.165) is 24.3 Å². The van der Waals surface area contributed by atoms with Gasteiger partial charge in [-0.05, 0) is 29.8 Å². The van der Waals surface area contributed by atoms with Crippen molar-refractivity contribution in [2.24, 2.45) is 0 Å². The number of nitrogens with two attached hydrogens (primary N) is 1. The lowest BCUT2D eigenvalue weighted by Gasteiger charge is -2.08. The lowest BCUT2D eigenvalue weighted by Crippen LogP contribution is -2.06. The van der Waals surface area contributed by atoms with Crippen LogP contribution in [-0.4, -0.2) is 11.1 Å². The molecule has 0 atom stereocenters. The molecule has 0 bridgehead atoms. The molecule has 1 aromatic rings. The lowest BCUT2D eigenvalue weighted by molar-refractivity contribution is -0.137. The van der Waals surface area contributed by atoms with Gasteiger partial charge in [-0.25, -0.2) is 4.79 Å². The van der Waals surface area contributed by atoms with E-state index in [0.29, 0.717) is 0 Å². The van der Waals surface area contributed by atoms with E-state index in [9.17, 15) is 18.0 Å². The van der Waals surface area contributed by atoms with Crippen molar-refractivity contribution >= 4 is 17.7 Å². The van der Waals surface area contributed by atoms with E-state index in [4.69, 9.17) is 10.8 Å². The summed E-state index contributed by atoms with van der Waals surface area (Å²) >= 11 is 0. The fourth-order valence-electron chi connectivity index (χ4n) is 1.10. The number of carbonyl (C=O) groups is 1. The first-order valence-corrected chi connectivity index (χ1v) is 4.18. The number of carboxylic acid groups (broad SMARTS) is 1. The summed E-state index contributed by atoms with van der Waals surface area (Å²) in [6.07, 6.45) is -2.70. The van der Waals surface area contributed by atoms with E-state index in [1.165, 1.54) is 6.07 Å². The highest BCUT2D eigenvalue weighted by Gasteiger charge is 2.30. The number of hydrogen-bond acceptors (Lipinski definition) is 2. The summed E-state index contributed by atoms with van der Waals surface area (Å²) in [5.41, 5.74) is 4.40. The summed E-state index contributed by atoms with van der Waals surface area (Å²) in [6, 6.07) is 2.88. The largest absolute Gasteiger partial charge is 0.478 e. The Morgan fingerprint density at radius 3 is 2.44 bits per heavy atom.